The molecule has 3 heterocycles. The monoisotopic (exact) mass is 545 g/mol. The van der Waals surface area contributed by atoms with Gasteiger partial charge in [0.25, 0.3) is 0 Å². The molecule has 1 saturated heterocycles. The van der Waals surface area contributed by atoms with Crippen molar-refractivity contribution in [2.75, 3.05) is 39.2 Å². The number of aromatic nitrogens is 3. The zero-order valence-electron chi connectivity index (χ0n) is 22.8. The Morgan fingerprint density at radius 1 is 1.20 bits per heavy atom. The number of allylic oxidation sites excluding steroid dienone is 2. The maximum absolute atomic E-state index is 12.8. The van der Waals surface area contributed by atoms with Crippen LogP contribution in [0.4, 0.5) is 16.3 Å². The number of likely N-dealkylation sites (tertiary alicyclic amines) is 1. The van der Waals surface area contributed by atoms with Crippen LogP contribution < -0.4 is 20.7 Å². The van der Waals surface area contributed by atoms with Gasteiger partial charge in [-0.3, -0.25) is 9.69 Å². The average molecular weight is 546 g/mol. The largest absolute Gasteiger partial charge is 0.497 e. The molecule has 2 aliphatic rings. The van der Waals surface area contributed by atoms with Gasteiger partial charge in [0, 0.05) is 50.7 Å². The molecule has 0 radical (unpaired) electrons. The van der Waals surface area contributed by atoms with Gasteiger partial charge in [-0.1, -0.05) is 24.3 Å². The van der Waals surface area contributed by atoms with E-state index in [2.05, 4.69) is 43.1 Å². The van der Waals surface area contributed by atoms with Crippen molar-refractivity contribution in [1.82, 2.24) is 30.1 Å². The second kappa shape index (κ2) is 12.6. The zero-order valence-corrected chi connectivity index (χ0v) is 22.8. The van der Waals surface area contributed by atoms with E-state index in [0.717, 1.165) is 40.9 Å². The van der Waals surface area contributed by atoms with Gasteiger partial charge in [0.05, 0.1) is 13.0 Å². The maximum Gasteiger partial charge on any atom is 0.407 e. The number of ether oxygens (including phenoxy) is 2. The standard InChI is InChI=1S/C29H35N7O4/c1-30-28(37)24-17-35(13-12-25(24)34-29(38)40-18-20-7-4-3-5-8-20)16-21-11-14-36-26(21)27(31-19-32-36)33-22-9-6-10-23(15-22)39-2/h4,6-11,14-15,19,24-25H,3,5,12-13,16-18H2,1-2H3,(H,30,37)(H,34,38)(H,31,32,33). The van der Waals surface area contributed by atoms with Crippen LogP contribution in [-0.2, 0) is 16.1 Å². The lowest BCUT2D eigenvalue weighted by Crippen LogP contribution is -2.55. The van der Waals surface area contributed by atoms with Crippen LogP contribution in [0.3, 0.4) is 0 Å². The fourth-order valence-corrected chi connectivity index (χ4v) is 5.22. The topological polar surface area (TPSA) is 122 Å². The van der Waals surface area contributed by atoms with Crippen LogP contribution in [0, 0.1) is 5.92 Å². The van der Waals surface area contributed by atoms with Gasteiger partial charge in [-0.25, -0.2) is 14.3 Å². The molecule has 3 N–H and O–H groups in total. The Labute approximate surface area is 233 Å². The first-order chi connectivity index (χ1) is 19.5. The first-order valence-electron chi connectivity index (χ1n) is 13.5. The van der Waals surface area contributed by atoms with E-state index < -0.39 is 12.0 Å². The van der Waals surface area contributed by atoms with Crippen molar-refractivity contribution in [3.63, 3.8) is 0 Å². The number of nitrogens with one attached hydrogen (secondary N) is 3. The van der Waals surface area contributed by atoms with E-state index >= 15 is 0 Å². The minimum absolute atomic E-state index is 0.113. The average Bonchev–Trinajstić information content (AvgIpc) is 3.40. The highest BCUT2D eigenvalue weighted by Gasteiger charge is 2.35. The van der Waals surface area contributed by atoms with E-state index in [1.54, 1.807) is 18.7 Å². The van der Waals surface area contributed by atoms with Crippen LogP contribution in [0.1, 0.15) is 24.8 Å². The van der Waals surface area contributed by atoms with Crippen LogP contribution in [0.2, 0.25) is 0 Å². The summed E-state index contributed by atoms with van der Waals surface area (Å²) < 4.78 is 12.6. The molecule has 2 atom stereocenters. The Hall–Kier alpha value is -4.38. The van der Waals surface area contributed by atoms with Crippen LogP contribution in [0.25, 0.3) is 5.52 Å². The molecule has 11 nitrogen and oxygen atoms in total. The lowest BCUT2D eigenvalue weighted by atomic mass is 9.91. The van der Waals surface area contributed by atoms with Gasteiger partial charge in [0.1, 0.15) is 24.2 Å². The summed E-state index contributed by atoms with van der Waals surface area (Å²) in [6.45, 7) is 2.02. The van der Waals surface area contributed by atoms with E-state index in [0.29, 0.717) is 31.9 Å². The molecule has 0 spiro atoms. The van der Waals surface area contributed by atoms with Gasteiger partial charge in [-0.2, -0.15) is 5.10 Å². The minimum atomic E-state index is -0.504. The molecule has 5 rings (SSSR count). The van der Waals surface area contributed by atoms with Crippen LogP contribution in [-0.4, -0.2) is 71.4 Å². The number of piperidine rings is 1. The van der Waals surface area contributed by atoms with E-state index in [9.17, 15) is 9.59 Å². The molecular weight excluding hydrogens is 510 g/mol. The number of hydrogen-bond donors (Lipinski definition) is 3. The molecule has 2 amide bonds. The third-order valence-electron chi connectivity index (χ3n) is 7.29. The predicted octanol–water partition coefficient (Wildman–Crippen LogP) is 3.42. The predicted molar refractivity (Wildman–Crippen MR) is 151 cm³/mol. The number of rotatable bonds is 9. The second-order valence-corrected chi connectivity index (χ2v) is 9.93. The van der Waals surface area contributed by atoms with Crippen LogP contribution in [0.5, 0.6) is 5.75 Å². The molecular formula is C29H35N7O4. The molecule has 0 bridgehead atoms. The number of methoxy groups -OCH3 is 1. The summed E-state index contributed by atoms with van der Waals surface area (Å²) in [5, 5.41) is 13.4. The van der Waals surface area contributed by atoms with Crippen molar-refractivity contribution in [2.24, 2.45) is 5.92 Å². The highest BCUT2D eigenvalue weighted by atomic mass is 16.5. The van der Waals surface area contributed by atoms with E-state index in [1.165, 1.54) is 6.33 Å². The lowest BCUT2D eigenvalue weighted by molar-refractivity contribution is -0.127. The summed E-state index contributed by atoms with van der Waals surface area (Å²) in [4.78, 5) is 32.1. The molecule has 3 aromatic rings. The van der Waals surface area contributed by atoms with E-state index in [1.807, 2.05) is 42.6 Å². The van der Waals surface area contributed by atoms with E-state index in [-0.39, 0.29) is 18.6 Å². The highest BCUT2D eigenvalue weighted by Crippen LogP contribution is 2.27. The molecule has 1 aromatic carbocycles. The van der Waals surface area contributed by atoms with Crippen molar-refractivity contribution >= 4 is 29.0 Å². The Morgan fingerprint density at radius 2 is 2.10 bits per heavy atom. The Bertz CT molecular complexity index is 1420. The fourth-order valence-electron chi connectivity index (χ4n) is 5.22. The molecule has 1 aliphatic carbocycles. The number of carbonyl (C=O) groups excluding carboxylic acids is 2. The fraction of sp³-hybridized carbons (Fsp3) is 0.379. The normalized spacial score (nSPS) is 19.1. The summed E-state index contributed by atoms with van der Waals surface area (Å²) in [6.07, 6.45) is 11.6. The van der Waals surface area contributed by atoms with Gasteiger partial charge >= 0.3 is 6.09 Å². The number of amides is 2. The van der Waals surface area contributed by atoms with Gasteiger partial charge in [-0.05, 0) is 48.6 Å². The molecule has 1 fully saturated rings. The first kappa shape index (κ1) is 27.2. The maximum atomic E-state index is 12.8. The third-order valence-corrected chi connectivity index (χ3v) is 7.29. The summed E-state index contributed by atoms with van der Waals surface area (Å²) in [7, 11) is 3.25. The van der Waals surface area contributed by atoms with Gasteiger partial charge in [0.2, 0.25) is 5.91 Å². The second-order valence-electron chi connectivity index (χ2n) is 9.93. The summed E-state index contributed by atoms with van der Waals surface area (Å²) in [6, 6.07) is 9.35. The Kier molecular flexibility index (Phi) is 8.60. The minimum Gasteiger partial charge on any atom is -0.497 e. The lowest BCUT2D eigenvalue weighted by Gasteiger charge is -2.37. The summed E-state index contributed by atoms with van der Waals surface area (Å²) >= 11 is 0. The summed E-state index contributed by atoms with van der Waals surface area (Å²) in [5.74, 6) is 0.889. The van der Waals surface area contributed by atoms with Crippen LogP contribution >= 0.6 is 0 Å². The zero-order chi connectivity index (χ0) is 27.9. The van der Waals surface area contributed by atoms with Gasteiger partial charge < -0.3 is 25.4 Å². The molecule has 1 aliphatic heterocycles. The molecule has 0 saturated carbocycles. The Morgan fingerprint density at radius 3 is 2.90 bits per heavy atom. The molecule has 40 heavy (non-hydrogen) atoms. The quantitative estimate of drug-likeness (QED) is 0.374. The van der Waals surface area contributed by atoms with Crippen LogP contribution in [0.15, 0.2) is 66.7 Å². The number of fused-ring (bicyclic) bond motifs is 1. The van der Waals surface area contributed by atoms with E-state index in [4.69, 9.17) is 9.47 Å². The van der Waals surface area contributed by atoms with Crippen molar-refractivity contribution < 1.29 is 19.1 Å². The number of alkyl carbamates (subject to hydrolysis) is 1. The smallest absolute Gasteiger partial charge is 0.407 e. The number of anilines is 2. The van der Waals surface area contributed by atoms with Gasteiger partial charge in [-0.15, -0.1) is 0 Å². The van der Waals surface area contributed by atoms with Crippen molar-refractivity contribution in [2.45, 2.75) is 31.8 Å². The van der Waals surface area contributed by atoms with Crippen molar-refractivity contribution in [3.8, 4) is 5.75 Å². The van der Waals surface area contributed by atoms with Crippen molar-refractivity contribution in [1.29, 1.82) is 0 Å². The molecule has 11 heteroatoms. The number of carbonyl (C=O) groups is 2. The molecule has 210 valence electrons. The SMILES string of the molecule is CNC(=O)C1CN(Cc2ccn3ncnc(Nc4cccc(OC)c4)c23)CCC1NC(=O)OCC1=CCCC=C1. The summed E-state index contributed by atoms with van der Waals surface area (Å²) in [5.41, 5.74) is 3.72. The number of benzene rings is 1. The Balaban J connectivity index is 1.26. The first-order valence-corrected chi connectivity index (χ1v) is 13.5. The number of hydrogen-bond acceptors (Lipinski definition) is 8. The van der Waals surface area contributed by atoms with Crippen molar-refractivity contribution in [3.05, 3.63) is 72.2 Å². The molecule has 2 unspecified atom stereocenters. The third kappa shape index (κ3) is 6.42. The number of nitrogens with zero attached hydrogens (tertiary/aromatic N) is 4. The highest BCUT2D eigenvalue weighted by molar-refractivity contribution is 5.80. The van der Waals surface area contributed by atoms with Gasteiger partial charge in [0.15, 0.2) is 5.82 Å². The molecule has 2 aromatic heterocycles.